The van der Waals surface area contributed by atoms with Crippen molar-refractivity contribution >= 4 is 11.9 Å². The van der Waals surface area contributed by atoms with Crippen LogP contribution < -0.4 is 0 Å². The maximum absolute atomic E-state index is 13.0. The molecule has 1 fully saturated rings. The molecular weight excluding hydrogens is 290 g/mol. The highest BCUT2D eigenvalue weighted by molar-refractivity contribution is 5.94. The molecule has 1 aromatic carbocycles. The van der Waals surface area contributed by atoms with Crippen LogP contribution in [0.25, 0.3) is 0 Å². The van der Waals surface area contributed by atoms with Crippen LogP contribution in [0.4, 0.5) is 0 Å². The molecule has 1 saturated carbocycles. The predicted octanol–water partition coefficient (Wildman–Crippen LogP) is 3.66. The molecule has 1 amide bonds. The van der Waals surface area contributed by atoms with Crippen molar-refractivity contribution in [3.63, 3.8) is 0 Å². The SMILES string of the molecule is COC(=O)C(C)CN(C(=O)c1ccccc1)C1CCCCCC1. The van der Waals surface area contributed by atoms with Crippen molar-refractivity contribution in [3.05, 3.63) is 35.9 Å². The Hall–Kier alpha value is -1.84. The molecule has 0 aliphatic heterocycles. The van der Waals surface area contributed by atoms with Crippen LogP contribution in [0.3, 0.4) is 0 Å². The Morgan fingerprint density at radius 1 is 1.13 bits per heavy atom. The molecule has 0 N–H and O–H groups in total. The van der Waals surface area contributed by atoms with E-state index in [0.29, 0.717) is 12.1 Å². The van der Waals surface area contributed by atoms with Crippen LogP contribution in [0.5, 0.6) is 0 Å². The fourth-order valence-electron chi connectivity index (χ4n) is 3.28. The van der Waals surface area contributed by atoms with Gasteiger partial charge < -0.3 is 9.64 Å². The number of amides is 1. The maximum atomic E-state index is 13.0. The number of carbonyl (C=O) groups excluding carboxylic acids is 2. The highest BCUT2D eigenvalue weighted by Gasteiger charge is 2.29. The van der Waals surface area contributed by atoms with Crippen LogP contribution in [-0.2, 0) is 9.53 Å². The molecule has 0 radical (unpaired) electrons. The van der Waals surface area contributed by atoms with E-state index in [1.54, 1.807) is 0 Å². The molecule has 1 aliphatic rings. The number of nitrogens with zero attached hydrogens (tertiary/aromatic N) is 1. The van der Waals surface area contributed by atoms with Gasteiger partial charge in [0.15, 0.2) is 0 Å². The van der Waals surface area contributed by atoms with Crippen molar-refractivity contribution in [1.82, 2.24) is 4.90 Å². The van der Waals surface area contributed by atoms with Gasteiger partial charge in [-0.3, -0.25) is 9.59 Å². The third-order valence-electron chi connectivity index (χ3n) is 4.62. The molecule has 0 bridgehead atoms. The van der Waals surface area contributed by atoms with Crippen molar-refractivity contribution in [2.75, 3.05) is 13.7 Å². The predicted molar refractivity (Wildman–Crippen MR) is 90.1 cm³/mol. The molecular formula is C19H27NO3. The quantitative estimate of drug-likeness (QED) is 0.615. The zero-order valence-electron chi connectivity index (χ0n) is 14.2. The minimum atomic E-state index is -0.309. The van der Waals surface area contributed by atoms with Crippen LogP contribution in [-0.4, -0.2) is 36.5 Å². The van der Waals surface area contributed by atoms with E-state index < -0.39 is 0 Å². The summed E-state index contributed by atoms with van der Waals surface area (Å²) in [5.74, 6) is -0.548. The van der Waals surface area contributed by atoms with E-state index in [0.717, 1.165) is 25.7 Å². The number of rotatable bonds is 5. The Balaban J connectivity index is 2.19. The summed E-state index contributed by atoms with van der Waals surface area (Å²) in [6, 6.07) is 9.56. The molecule has 0 heterocycles. The van der Waals surface area contributed by atoms with Gasteiger partial charge in [0.1, 0.15) is 0 Å². The zero-order valence-corrected chi connectivity index (χ0v) is 14.2. The van der Waals surface area contributed by atoms with Crippen LogP contribution in [0, 0.1) is 5.92 Å². The lowest BCUT2D eigenvalue weighted by molar-refractivity contribution is -0.145. The van der Waals surface area contributed by atoms with Crippen molar-refractivity contribution in [2.45, 2.75) is 51.5 Å². The first-order valence-corrected chi connectivity index (χ1v) is 8.57. The first kappa shape index (κ1) is 17.5. The number of carbonyl (C=O) groups is 2. The van der Waals surface area contributed by atoms with Gasteiger partial charge in [0, 0.05) is 18.2 Å². The number of methoxy groups -OCH3 is 1. The van der Waals surface area contributed by atoms with Gasteiger partial charge in [-0.2, -0.15) is 0 Å². The maximum Gasteiger partial charge on any atom is 0.310 e. The Kier molecular flexibility index (Phi) is 6.63. The number of esters is 1. The minimum absolute atomic E-state index is 0.0215. The average molecular weight is 317 g/mol. The van der Waals surface area contributed by atoms with Gasteiger partial charge >= 0.3 is 5.97 Å². The van der Waals surface area contributed by atoms with E-state index in [1.807, 2.05) is 42.2 Å². The normalized spacial score (nSPS) is 17.1. The minimum Gasteiger partial charge on any atom is -0.469 e. The lowest BCUT2D eigenvalue weighted by Gasteiger charge is -2.33. The Morgan fingerprint density at radius 3 is 2.30 bits per heavy atom. The topological polar surface area (TPSA) is 46.6 Å². The van der Waals surface area contributed by atoms with Gasteiger partial charge in [0.25, 0.3) is 5.91 Å². The van der Waals surface area contributed by atoms with Crippen molar-refractivity contribution in [1.29, 1.82) is 0 Å². The van der Waals surface area contributed by atoms with Gasteiger partial charge in [-0.15, -0.1) is 0 Å². The number of hydrogen-bond acceptors (Lipinski definition) is 3. The fraction of sp³-hybridized carbons (Fsp3) is 0.579. The summed E-state index contributed by atoms with van der Waals surface area (Å²) >= 11 is 0. The van der Waals surface area contributed by atoms with E-state index in [-0.39, 0.29) is 23.8 Å². The lowest BCUT2D eigenvalue weighted by atomic mass is 10.0. The fourth-order valence-corrected chi connectivity index (χ4v) is 3.28. The van der Waals surface area contributed by atoms with Crippen LogP contribution in [0.2, 0.25) is 0 Å². The van der Waals surface area contributed by atoms with E-state index >= 15 is 0 Å². The summed E-state index contributed by atoms with van der Waals surface area (Å²) in [6.07, 6.45) is 6.80. The first-order valence-electron chi connectivity index (χ1n) is 8.57. The highest BCUT2D eigenvalue weighted by Crippen LogP contribution is 2.24. The summed E-state index contributed by atoms with van der Waals surface area (Å²) in [5, 5.41) is 0. The molecule has 1 aliphatic carbocycles. The summed E-state index contributed by atoms with van der Waals surface area (Å²) in [6.45, 7) is 2.25. The molecule has 0 saturated heterocycles. The Labute approximate surface area is 138 Å². The number of benzene rings is 1. The van der Waals surface area contributed by atoms with E-state index in [2.05, 4.69) is 0 Å². The van der Waals surface area contributed by atoms with Crippen molar-refractivity contribution < 1.29 is 14.3 Å². The Bertz CT molecular complexity index is 507. The van der Waals surface area contributed by atoms with Gasteiger partial charge in [-0.1, -0.05) is 50.8 Å². The van der Waals surface area contributed by atoms with Gasteiger partial charge in [-0.05, 0) is 25.0 Å². The smallest absolute Gasteiger partial charge is 0.310 e. The molecule has 4 nitrogen and oxygen atoms in total. The number of hydrogen-bond donors (Lipinski definition) is 0. The highest BCUT2D eigenvalue weighted by atomic mass is 16.5. The van der Waals surface area contributed by atoms with Crippen LogP contribution in [0.15, 0.2) is 30.3 Å². The van der Waals surface area contributed by atoms with Crippen molar-refractivity contribution in [2.24, 2.45) is 5.92 Å². The lowest BCUT2D eigenvalue weighted by Crippen LogP contribution is -2.44. The summed E-state index contributed by atoms with van der Waals surface area (Å²) in [5.41, 5.74) is 0.689. The van der Waals surface area contributed by atoms with E-state index in [1.165, 1.54) is 20.0 Å². The second kappa shape index (κ2) is 8.70. The molecule has 23 heavy (non-hydrogen) atoms. The largest absolute Gasteiger partial charge is 0.469 e. The summed E-state index contributed by atoms with van der Waals surface area (Å²) in [4.78, 5) is 26.7. The second-order valence-electron chi connectivity index (χ2n) is 6.39. The van der Waals surface area contributed by atoms with E-state index in [9.17, 15) is 9.59 Å². The molecule has 4 heteroatoms. The van der Waals surface area contributed by atoms with Crippen LogP contribution in [0.1, 0.15) is 55.8 Å². The van der Waals surface area contributed by atoms with Gasteiger partial charge in [-0.25, -0.2) is 0 Å². The first-order chi connectivity index (χ1) is 11.1. The molecule has 0 aromatic heterocycles. The molecule has 2 rings (SSSR count). The monoisotopic (exact) mass is 317 g/mol. The third-order valence-corrected chi connectivity index (χ3v) is 4.62. The second-order valence-corrected chi connectivity index (χ2v) is 6.39. The third kappa shape index (κ3) is 4.81. The molecule has 0 spiro atoms. The van der Waals surface area contributed by atoms with Crippen LogP contribution >= 0.6 is 0 Å². The van der Waals surface area contributed by atoms with Crippen molar-refractivity contribution in [3.8, 4) is 0 Å². The zero-order chi connectivity index (χ0) is 16.7. The summed E-state index contributed by atoms with van der Waals surface area (Å²) in [7, 11) is 1.40. The number of ether oxygens (including phenoxy) is 1. The van der Waals surface area contributed by atoms with Gasteiger partial charge in [0.05, 0.1) is 13.0 Å². The average Bonchev–Trinajstić information content (AvgIpc) is 2.88. The molecule has 1 atom stereocenters. The Morgan fingerprint density at radius 2 is 1.74 bits per heavy atom. The van der Waals surface area contributed by atoms with E-state index in [4.69, 9.17) is 4.74 Å². The molecule has 1 unspecified atom stereocenters. The molecule has 1 aromatic rings. The summed E-state index contributed by atoms with van der Waals surface area (Å²) < 4.78 is 4.83. The standard InChI is InChI=1S/C19H27NO3/c1-15(19(22)23-2)14-20(17-12-8-3-4-9-13-17)18(21)16-10-6-5-7-11-16/h5-7,10-11,15,17H,3-4,8-9,12-14H2,1-2H3. The van der Waals surface area contributed by atoms with Gasteiger partial charge in [0.2, 0.25) is 0 Å². The molecule has 126 valence electrons.